The second-order valence-electron chi connectivity index (χ2n) is 6.49. The van der Waals surface area contributed by atoms with Gasteiger partial charge in [-0.2, -0.15) is 0 Å². The summed E-state index contributed by atoms with van der Waals surface area (Å²) in [6.07, 6.45) is 2.94. The number of anilines is 1. The van der Waals surface area contributed by atoms with Crippen molar-refractivity contribution < 1.29 is 13.6 Å². The SMILES string of the molecule is Cc1ccc(CC(=O)NCC2CCN(c3ccc(F)c(F)c3)C2)cn1. The highest BCUT2D eigenvalue weighted by Crippen LogP contribution is 2.25. The van der Waals surface area contributed by atoms with Crippen LogP contribution >= 0.6 is 0 Å². The largest absolute Gasteiger partial charge is 0.371 e. The number of hydrogen-bond acceptors (Lipinski definition) is 3. The third kappa shape index (κ3) is 4.53. The van der Waals surface area contributed by atoms with E-state index in [4.69, 9.17) is 0 Å². The van der Waals surface area contributed by atoms with Gasteiger partial charge in [-0.1, -0.05) is 6.07 Å². The maximum absolute atomic E-state index is 13.4. The van der Waals surface area contributed by atoms with Gasteiger partial charge in [0, 0.05) is 43.3 Å². The van der Waals surface area contributed by atoms with E-state index in [2.05, 4.69) is 10.3 Å². The topological polar surface area (TPSA) is 45.2 Å². The number of carbonyl (C=O) groups excluding carboxylic acids is 1. The van der Waals surface area contributed by atoms with Crippen LogP contribution in [0.15, 0.2) is 36.5 Å². The van der Waals surface area contributed by atoms with Gasteiger partial charge in [0.1, 0.15) is 0 Å². The molecule has 0 spiro atoms. The Morgan fingerprint density at radius 3 is 2.84 bits per heavy atom. The fraction of sp³-hybridized carbons (Fsp3) is 0.368. The van der Waals surface area contributed by atoms with E-state index in [-0.39, 0.29) is 5.91 Å². The number of benzene rings is 1. The predicted molar refractivity (Wildman–Crippen MR) is 92.4 cm³/mol. The van der Waals surface area contributed by atoms with Crippen LogP contribution in [0.4, 0.5) is 14.5 Å². The summed E-state index contributed by atoms with van der Waals surface area (Å²) in [4.78, 5) is 18.2. The van der Waals surface area contributed by atoms with Gasteiger partial charge in [-0.15, -0.1) is 0 Å². The fourth-order valence-corrected chi connectivity index (χ4v) is 3.02. The van der Waals surface area contributed by atoms with Crippen molar-refractivity contribution in [2.24, 2.45) is 5.92 Å². The Morgan fingerprint density at radius 2 is 2.12 bits per heavy atom. The standard InChI is InChI=1S/C19H21F2N3O/c1-13-2-3-14(10-22-13)8-19(25)23-11-15-6-7-24(12-15)16-4-5-17(20)18(21)9-16/h2-5,9-10,15H,6-8,11-12H2,1H3,(H,23,25). The Kier molecular flexibility index (Phi) is 5.26. The Balaban J connectivity index is 1.47. The minimum Gasteiger partial charge on any atom is -0.371 e. The van der Waals surface area contributed by atoms with E-state index >= 15 is 0 Å². The molecule has 0 aliphatic carbocycles. The molecular formula is C19H21F2N3O. The Bertz CT molecular complexity index is 749. The zero-order valence-corrected chi connectivity index (χ0v) is 14.1. The molecule has 3 rings (SSSR count). The molecule has 0 radical (unpaired) electrons. The number of pyridine rings is 1. The maximum Gasteiger partial charge on any atom is 0.224 e. The lowest BCUT2D eigenvalue weighted by atomic mass is 10.1. The highest BCUT2D eigenvalue weighted by atomic mass is 19.2. The molecule has 1 amide bonds. The molecule has 1 aliphatic rings. The van der Waals surface area contributed by atoms with E-state index in [9.17, 15) is 13.6 Å². The van der Waals surface area contributed by atoms with E-state index in [1.807, 2.05) is 24.0 Å². The molecule has 2 heterocycles. The number of amides is 1. The van der Waals surface area contributed by atoms with Crippen molar-refractivity contribution >= 4 is 11.6 Å². The average molecular weight is 345 g/mol. The van der Waals surface area contributed by atoms with Crippen LogP contribution in [0.5, 0.6) is 0 Å². The van der Waals surface area contributed by atoms with Crippen molar-refractivity contribution in [3.05, 3.63) is 59.4 Å². The summed E-state index contributed by atoms with van der Waals surface area (Å²) in [6, 6.07) is 7.75. The van der Waals surface area contributed by atoms with Gasteiger partial charge in [0.2, 0.25) is 5.91 Å². The number of nitrogens with one attached hydrogen (secondary N) is 1. The highest BCUT2D eigenvalue weighted by Gasteiger charge is 2.23. The molecule has 1 fully saturated rings. The average Bonchev–Trinajstić information content (AvgIpc) is 3.07. The summed E-state index contributed by atoms with van der Waals surface area (Å²) in [5.41, 5.74) is 2.49. The molecule has 1 aromatic heterocycles. The third-order valence-electron chi connectivity index (χ3n) is 4.48. The van der Waals surface area contributed by atoms with E-state index in [0.717, 1.165) is 36.8 Å². The number of aryl methyl sites for hydroxylation is 1. The van der Waals surface area contributed by atoms with Gasteiger partial charge in [-0.05, 0) is 43.0 Å². The van der Waals surface area contributed by atoms with E-state index < -0.39 is 11.6 Å². The van der Waals surface area contributed by atoms with Crippen LogP contribution in [0.2, 0.25) is 0 Å². The second-order valence-corrected chi connectivity index (χ2v) is 6.49. The van der Waals surface area contributed by atoms with Crippen LogP contribution in [-0.4, -0.2) is 30.5 Å². The molecule has 6 heteroatoms. The molecule has 1 saturated heterocycles. The first-order chi connectivity index (χ1) is 12.0. The van der Waals surface area contributed by atoms with Crippen molar-refractivity contribution in [2.75, 3.05) is 24.5 Å². The molecule has 2 aromatic rings. The quantitative estimate of drug-likeness (QED) is 0.906. The summed E-state index contributed by atoms with van der Waals surface area (Å²) in [7, 11) is 0. The van der Waals surface area contributed by atoms with E-state index in [1.54, 1.807) is 12.3 Å². The normalized spacial score (nSPS) is 16.9. The van der Waals surface area contributed by atoms with Crippen molar-refractivity contribution in [3.63, 3.8) is 0 Å². The summed E-state index contributed by atoms with van der Waals surface area (Å²) in [6.45, 7) is 3.98. The van der Waals surface area contributed by atoms with E-state index in [1.165, 1.54) is 6.07 Å². The van der Waals surface area contributed by atoms with Crippen LogP contribution in [0.1, 0.15) is 17.7 Å². The van der Waals surface area contributed by atoms with Gasteiger partial charge < -0.3 is 10.2 Å². The monoisotopic (exact) mass is 345 g/mol. The molecule has 4 nitrogen and oxygen atoms in total. The molecule has 1 unspecified atom stereocenters. The minimum atomic E-state index is -0.836. The molecule has 1 aliphatic heterocycles. The van der Waals surface area contributed by atoms with Gasteiger partial charge in [0.25, 0.3) is 0 Å². The van der Waals surface area contributed by atoms with Crippen LogP contribution in [-0.2, 0) is 11.2 Å². The smallest absolute Gasteiger partial charge is 0.224 e. The van der Waals surface area contributed by atoms with Crippen molar-refractivity contribution in [2.45, 2.75) is 19.8 Å². The first kappa shape index (κ1) is 17.3. The molecule has 1 atom stereocenters. The number of aromatic nitrogens is 1. The summed E-state index contributed by atoms with van der Waals surface area (Å²) in [5, 5.41) is 2.95. The van der Waals surface area contributed by atoms with Crippen molar-refractivity contribution in [3.8, 4) is 0 Å². The minimum absolute atomic E-state index is 0.0306. The summed E-state index contributed by atoms with van der Waals surface area (Å²) in [5.74, 6) is -1.40. The molecule has 0 bridgehead atoms. The van der Waals surface area contributed by atoms with E-state index in [0.29, 0.717) is 24.6 Å². The number of rotatable bonds is 5. The molecular weight excluding hydrogens is 324 g/mol. The number of carbonyl (C=O) groups is 1. The Labute approximate surface area is 145 Å². The van der Waals surface area contributed by atoms with Gasteiger partial charge >= 0.3 is 0 Å². The van der Waals surface area contributed by atoms with Gasteiger partial charge in [-0.3, -0.25) is 9.78 Å². The van der Waals surface area contributed by atoms with Crippen LogP contribution in [0.3, 0.4) is 0 Å². The van der Waals surface area contributed by atoms with Crippen molar-refractivity contribution in [1.82, 2.24) is 10.3 Å². The lowest BCUT2D eigenvalue weighted by molar-refractivity contribution is -0.120. The number of nitrogens with zero attached hydrogens (tertiary/aromatic N) is 2. The highest BCUT2D eigenvalue weighted by molar-refractivity contribution is 5.78. The Morgan fingerprint density at radius 1 is 1.28 bits per heavy atom. The number of hydrogen-bond donors (Lipinski definition) is 1. The second kappa shape index (κ2) is 7.59. The molecule has 1 N–H and O–H groups in total. The first-order valence-corrected chi connectivity index (χ1v) is 8.39. The number of halogens is 2. The zero-order valence-electron chi connectivity index (χ0n) is 14.1. The maximum atomic E-state index is 13.4. The predicted octanol–water partition coefficient (Wildman–Crippen LogP) is 2.85. The lowest BCUT2D eigenvalue weighted by Gasteiger charge is -2.19. The van der Waals surface area contributed by atoms with Crippen LogP contribution in [0, 0.1) is 24.5 Å². The van der Waals surface area contributed by atoms with Crippen LogP contribution in [0.25, 0.3) is 0 Å². The van der Waals surface area contributed by atoms with Gasteiger partial charge in [0.15, 0.2) is 11.6 Å². The molecule has 132 valence electrons. The summed E-state index contributed by atoms with van der Waals surface area (Å²) >= 11 is 0. The first-order valence-electron chi connectivity index (χ1n) is 8.39. The van der Waals surface area contributed by atoms with Crippen molar-refractivity contribution in [1.29, 1.82) is 0 Å². The molecule has 1 aromatic carbocycles. The van der Waals surface area contributed by atoms with Gasteiger partial charge in [-0.25, -0.2) is 8.78 Å². The molecule has 0 saturated carbocycles. The third-order valence-corrected chi connectivity index (χ3v) is 4.48. The summed E-state index contributed by atoms with van der Waals surface area (Å²) < 4.78 is 26.4. The van der Waals surface area contributed by atoms with Gasteiger partial charge in [0.05, 0.1) is 6.42 Å². The fourth-order valence-electron chi connectivity index (χ4n) is 3.02. The Hall–Kier alpha value is -2.50. The van der Waals surface area contributed by atoms with Crippen LogP contribution < -0.4 is 10.2 Å². The molecule has 25 heavy (non-hydrogen) atoms. The zero-order chi connectivity index (χ0) is 17.8. The lowest BCUT2D eigenvalue weighted by Crippen LogP contribution is -2.32.